The van der Waals surface area contributed by atoms with Gasteiger partial charge in [-0.25, -0.2) is 9.78 Å². The van der Waals surface area contributed by atoms with E-state index in [1.165, 1.54) is 19.4 Å². The first-order chi connectivity index (χ1) is 9.82. The molecule has 0 bridgehead atoms. The number of alkyl halides is 3. The highest BCUT2D eigenvalue weighted by molar-refractivity contribution is 5.77. The van der Waals surface area contributed by atoms with Crippen LogP contribution in [0.1, 0.15) is 11.6 Å². The first-order valence-electron chi connectivity index (χ1n) is 6.17. The van der Waals surface area contributed by atoms with E-state index in [1.807, 2.05) is 5.32 Å². The largest absolute Gasteiger partial charge is 0.410 e. The number of urea groups is 1. The summed E-state index contributed by atoms with van der Waals surface area (Å²) in [4.78, 5) is 16.7. The third-order valence-electron chi connectivity index (χ3n) is 3.22. The van der Waals surface area contributed by atoms with Crippen molar-refractivity contribution in [2.45, 2.75) is 18.3 Å². The molecular formula is C12H15F3N4O2. The molecule has 1 aliphatic heterocycles. The second-order valence-corrected chi connectivity index (χ2v) is 4.68. The van der Waals surface area contributed by atoms with Crippen LogP contribution >= 0.6 is 0 Å². The van der Waals surface area contributed by atoms with Crippen LogP contribution < -0.4 is 11.1 Å². The fourth-order valence-corrected chi connectivity index (χ4v) is 2.21. The van der Waals surface area contributed by atoms with Gasteiger partial charge in [0.05, 0.1) is 19.2 Å². The fraction of sp³-hybridized carbons (Fsp3) is 0.500. The molecule has 1 aromatic heterocycles. The molecule has 1 aliphatic rings. The summed E-state index contributed by atoms with van der Waals surface area (Å²) < 4.78 is 43.2. The number of carbonyl (C=O) groups excluding carboxylic acids is 1. The average molecular weight is 304 g/mol. The molecule has 0 unspecified atom stereocenters. The number of ether oxygens (including phenoxy) is 1. The number of hydrogen-bond donors (Lipinski definition) is 2. The number of amides is 2. The molecule has 116 valence electrons. The van der Waals surface area contributed by atoms with Crippen LogP contribution in [-0.2, 0) is 4.74 Å². The topological polar surface area (TPSA) is 80.5 Å². The van der Waals surface area contributed by atoms with Gasteiger partial charge in [0, 0.05) is 13.3 Å². The van der Waals surface area contributed by atoms with Crippen molar-refractivity contribution in [2.75, 3.05) is 26.0 Å². The predicted octanol–water partition coefficient (Wildman–Crippen LogP) is 1.31. The maximum atomic E-state index is 12.7. The Balaban J connectivity index is 2.25. The van der Waals surface area contributed by atoms with Crippen molar-refractivity contribution in [3.8, 4) is 0 Å². The molecule has 2 rings (SSSR count). The molecule has 3 N–H and O–H groups in total. The van der Waals surface area contributed by atoms with Crippen molar-refractivity contribution >= 4 is 11.8 Å². The number of anilines is 1. The zero-order chi connectivity index (χ0) is 15.6. The summed E-state index contributed by atoms with van der Waals surface area (Å²) in [6.45, 7) is -0.417. The van der Waals surface area contributed by atoms with E-state index in [2.05, 4.69) is 4.98 Å². The van der Waals surface area contributed by atoms with Gasteiger partial charge in [0.25, 0.3) is 0 Å². The van der Waals surface area contributed by atoms with Gasteiger partial charge in [0.2, 0.25) is 0 Å². The molecule has 2 amide bonds. The van der Waals surface area contributed by atoms with Gasteiger partial charge >= 0.3 is 12.2 Å². The Hall–Kier alpha value is -2.03. The molecule has 2 atom stereocenters. The van der Waals surface area contributed by atoms with Gasteiger partial charge in [-0.3, -0.25) is 0 Å². The molecule has 0 aliphatic carbocycles. The van der Waals surface area contributed by atoms with Crippen LogP contribution in [0.3, 0.4) is 0 Å². The van der Waals surface area contributed by atoms with Crippen LogP contribution in [-0.4, -0.2) is 48.4 Å². The lowest BCUT2D eigenvalue weighted by atomic mass is 10.1. The van der Waals surface area contributed by atoms with Crippen LogP contribution in [0.2, 0.25) is 0 Å². The zero-order valence-corrected chi connectivity index (χ0v) is 11.2. The summed E-state index contributed by atoms with van der Waals surface area (Å²) in [5, 5.41) is 1.93. The summed E-state index contributed by atoms with van der Waals surface area (Å²) >= 11 is 0. The minimum Gasteiger partial charge on any atom is -0.384 e. The van der Waals surface area contributed by atoms with Gasteiger partial charge in [-0.1, -0.05) is 0 Å². The molecule has 0 spiro atoms. The Labute approximate surface area is 119 Å². The number of nitrogens with zero attached hydrogens (tertiary/aromatic N) is 2. The maximum absolute atomic E-state index is 12.7. The minimum atomic E-state index is -4.49. The Kier molecular flexibility index (Phi) is 4.21. The number of carbonyl (C=O) groups is 1. The molecule has 1 aromatic rings. The van der Waals surface area contributed by atoms with E-state index in [0.29, 0.717) is 5.56 Å². The van der Waals surface area contributed by atoms with E-state index < -0.39 is 30.8 Å². The molecule has 0 aromatic carbocycles. The molecule has 1 fully saturated rings. The highest BCUT2D eigenvalue weighted by Crippen LogP contribution is 2.30. The fourth-order valence-electron chi connectivity index (χ4n) is 2.21. The van der Waals surface area contributed by atoms with Crippen molar-refractivity contribution in [3.05, 3.63) is 23.9 Å². The Morgan fingerprint density at radius 1 is 1.62 bits per heavy atom. The number of nitrogens with two attached hydrogens (primary N) is 1. The lowest BCUT2D eigenvalue weighted by molar-refractivity contribution is -0.150. The number of nitrogens with one attached hydrogen (secondary N) is 1. The number of aromatic nitrogens is 1. The van der Waals surface area contributed by atoms with Crippen molar-refractivity contribution in [1.82, 2.24) is 15.2 Å². The number of hydrogen-bond acceptors (Lipinski definition) is 4. The first kappa shape index (κ1) is 15.4. The third kappa shape index (κ3) is 3.35. The molecule has 6 nitrogen and oxygen atoms in total. The second kappa shape index (κ2) is 5.76. The van der Waals surface area contributed by atoms with E-state index in [9.17, 15) is 18.0 Å². The zero-order valence-electron chi connectivity index (χ0n) is 11.2. The number of pyridine rings is 1. The molecule has 2 heterocycles. The number of nitrogen functional groups attached to an aromatic ring is 1. The van der Waals surface area contributed by atoms with Crippen molar-refractivity contribution in [1.29, 1.82) is 0 Å². The van der Waals surface area contributed by atoms with Gasteiger partial charge in [0.1, 0.15) is 11.9 Å². The second-order valence-electron chi connectivity index (χ2n) is 4.68. The Morgan fingerprint density at radius 3 is 2.86 bits per heavy atom. The van der Waals surface area contributed by atoms with Gasteiger partial charge in [-0.2, -0.15) is 13.2 Å². The van der Waals surface area contributed by atoms with Gasteiger partial charge in [-0.15, -0.1) is 0 Å². The summed E-state index contributed by atoms with van der Waals surface area (Å²) in [5.41, 5.74) is 6.14. The summed E-state index contributed by atoms with van der Waals surface area (Å²) in [6.07, 6.45) is -3.05. The number of methoxy groups -OCH3 is 1. The molecule has 0 saturated carbocycles. The smallest absolute Gasteiger partial charge is 0.384 e. The molecule has 21 heavy (non-hydrogen) atoms. The van der Waals surface area contributed by atoms with Crippen LogP contribution in [0.5, 0.6) is 0 Å². The van der Waals surface area contributed by atoms with Crippen molar-refractivity contribution in [3.63, 3.8) is 0 Å². The molecule has 1 saturated heterocycles. The lowest BCUT2D eigenvalue weighted by Gasteiger charge is -2.27. The monoisotopic (exact) mass is 304 g/mol. The van der Waals surface area contributed by atoms with E-state index in [0.717, 1.165) is 4.90 Å². The highest BCUT2D eigenvalue weighted by Gasteiger charge is 2.48. The van der Waals surface area contributed by atoms with Crippen molar-refractivity contribution < 1.29 is 22.7 Å². The van der Waals surface area contributed by atoms with E-state index in [4.69, 9.17) is 10.5 Å². The van der Waals surface area contributed by atoms with Gasteiger partial charge in [-0.05, 0) is 17.7 Å². The quantitative estimate of drug-likeness (QED) is 0.879. The van der Waals surface area contributed by atoms with Gasteiger partial charge in [0.15, 0.2) is 0 Å². The van der Waals surface area contributed by atoms with Crippen LogP contribution in [0.4, 0.5) is 23.8 Å². The van der Waals surface area contributed by atoms with Gasteiger partial charge < -0.3 is 20.7 Å². The van der Waals surface area contributed by atoms with E-state index in [1.54, 1.807) is 6.07 Å². The number of halogens is 3. The molecule has 0 radical (unpaired) electrons. The van der Waals surface area contributed by atoms with Crippen LogP contribution in [0.15, 0.2) is 18.3 Å². The SMILES string of the molecule is COC[C@H](c1ccnc(N)c1)N1C[C@@H](C(F)(F)F)NC1=O. The molecule has 9 heteroatoms. The van der Waals surface area contributed by atoms with Crippen LogP contribution in [0, 0.1) is 0 Å². The average Bonchev–Trinajstić information content (AvgIpc) is 2.78. The highest BCUT2D eigenvalue weighted by atomic mass is 19.4. The Bertz CT molecular complexity index is 523. The van der Waals surface area contributed by atoms with E-state index >= 15 is 0 Å². The lowest BCUT2D eigenvalue weighted by Crippen LogP contribution is -2.40. The normalized spacial score (nSPS) is 20.5. The third-order valence-corrected chi connectivity index (χ3v) is 3.22. The molecular weight excluding hydrogens is 289 g/mol. The van der Waals surface area contributed by atoms with Crippen molar-refractivity contribution in [2.24, 2.45) is 0 Å². The Morgan fingerprint density at radius 2 is 2.33 bits per heavy atom. The number of rotatable bonds is 4. The summed E-state index contributed by atoms with van der Waals surface area (Å²) in [7, 11) is 1.41. The maximum Gasteiger partial charge on any atom is 0.410 e. The summed E-state index contributed by atoms with van der Waals surface area (Å²) in [6, 6.07) is -0.225. The van der Waals surface area contributed by atoms with Crippen LogP contribution in [0.25, 0.3) is 0 Å². The predicted molar refractivity (Wildman–Crippen MR) is 68.3 cm³/mol. The minimum absolute atomic E-state index is 0.0570. The van der Waals surface area contributed by atoms with E-state index in [-0.39, 0.29) is 12.4 Å². The summed E-state index contributed by atoms with van der Waals surface area (Å²) in [5.74, 6) is 0.223. The standard InChI is InChI=1S/C12H15F3N4O2/c1-21-6-8(7-2-3-17-10(16)4-7)19-5-9(12(13,14)15)18-11(19)20/h2-4,8-9H,5-6H2,1H3,(H2,16,17)(H,18,20)/t8-,9+/m1/s1. The first-order valence-corrected chi connectivity index (χ1v) is 6.17.